The summed E-state index contributed by atoms with van der Waals surface area (Å²) in [6.45, 7) is 5.96. The van der Waals surface area contributed by atoms with Crippen LogP contribution in [0.5, 0.6) is 5.75 Å². The van der Waals surface area contributed by atoms with E-state index in [1.807, 2.05) is 12.1 Å². The molecule has 1 aliphatic carbocycles. The maximum atomic E-state index is 14.1. The molecule has 4 fully saturated rings. The van der Waals surface area contributed by atoms with Crippen LogP contribution in [0.25, 0.3) is 10.9 Å². The van der Waals surface area contributed by atoms with Gasteiger partial charge in [0.05, 0.1) is 33.9 Å². The van der Waals surface area contributed by atoms with Gasteiger partial charge in [0.1, 0.15) is 17.9 Å². The van der Waals surface area contributed by atoms with Gasteiger partial charge >= 0.3 is 0 Å². The van der Waals surface area contributed by atoms with E-state index in [4.69, 9.17) is 10.5 Å². The number of hydrogen-bond donors (Lipinski definition) is 1. The number of fused-ring (bicyclic) bond motifs is 2. The summed E-state index contributed by atoms with van der Waals surface area (Å²) in [6, 6.07) is 13.3. The van der Waals surface area contributed by atoms with E-state index in [1.54, 1.807) is 36.5 Å². The lowest BCUT2D eigenvalue weighted by Crippen LogP contribution is -2.59. The van der Waals surface area contributed by atoms with Crippen molar-refractivity contribution in [1.82, 2.24) is 29.7 Å². The summed E-state index contributed by atoms with van der Waals surface area (Å²) in [5, 5.41) is 10.3. The smallest absolute Gasteiger partial charge is 0.262 e. The molecule has 0 spiro atoms. The maximum Gasteiger partial charge on any atom is 0.262 e. The van der Waals surface area contributed by atoms with E-state index < -0.39 is 29.7 Å². The molecule has 4 aromatic rings. The molecule has 16 heteroatoms. The number of imide groups is 2. The van der Waals surface area contributed by atoms with Crippen LogP contribution in [0.15, 0.2) is 61.1 Å². The number of anilines is 2. The number of likely N-dealkylation sites (tertiary alicyclic amines) is 1. The number of carbonyl (C=O) groups is 5. The number of nitrogens with two attached hydrogens (primary N) is 1. The largest absolute Gasteiger partial charge is 0.490 e. The number of amides is 5. The van der Waals surface area contributed by atoms with E-state index in [-0.39, 0.29) is 36.5 Å². The second-order valence-corrected chi connectivity index (χ2v) is 16.4. The topological polar surface area (TPSA) is 199 Å². The summed E-state index contributed by atoms with van der Waals surface area (Å²) in [5.41, 5.74) is 8.10. The van der Waals surface area contributed by atoms with E-state index in [2.05, 4.69) is 35.7 Å². The summed E-state index contributed by atoms with van der Waals surface area (Å²) in [7, 11) is 0. The Morgan fingerprint density at radius 1 is 0.800 bits per heavy atom. The quantitative estimate of drug-likeness (QED) is 0.241. The molecular formula is C44H46N10O6. The Bertz CT molecular complexity index is 2390. The van der Waals surface area contributed by atoms with Crippen molar-refractivity contribution >= 4 is 52.1 Å². The molecule has 1 atom stereocenters. The number of hydrogen-bond acceptors (Lipinski definition) is 13. The lowest BCUT2D eigenvalue weighted by atomic mass is 9.89. The van der Waals surface area contributed by atoms with Gasteiger partial charge in [-0.3, -0.25) is 43.7 Å². The lowest BCUT2D eigenvalue weighted by Gasteiger charge is -2.41. The summed E-state index contributed by atoms with van der Waals surface area (Å²) >= 11 is 0. The Balaban J connectivity index is 0.783. The van der Waals surface area contributed by atoms with Crippen LogP contribution in [0.4, 0.5) is 11.6 Å². The van der Waals surface area contributed by atoms with Gasteiger partial charge in [-0.05, 0) is 93.3 Å². The van der Waals surface area contributed by atoms with Gasteiger partial charge < -0.3 is 20.3 Å². The molecule has 1 saturated carbocycles. The summed E-state index contributed by atoms with van der Waals surface area (Å²) in [6.07, 6.45) is 8.90. The molecule has 2 N–H and O–H groups in total. The maximum absolute atomic E-state index is 14.1. The molecule has 308 valence electrons. The molecule has 60 heavy (non-hydrogen) atoms. The number of piperazine rings is 1. The van der Waals surface area contributed by atoms with Crippen molar-refractivity contribution in [3.63, 3.8) is 0 Å². The predicted octanol–water partition coefficient (Wildman–Crippen LogP) is 3.54. The first-order chi connectivity index (χ1) is 29.2. The Kier molecular flexibility index (Phi) is 10.6. The normalized spacial score (nSPS) is 22.9. The van der Waals surface area contributed by atoms with Crippen LogP contribution in [0.2, 0.25) is 0 Å². The van der Waals surface area contributed by atoms with Crippen LogP contribution < -0.4 is 20.3 Å². The number of piperidine rings is 2. The van der Waals surface area contributed by atoms with Gasteiger partial charge in [0.2, 0.25) is 11.9 Å². The van der Waals surface area contributed by atoms with Gasteiger partial charge in [0.25, 0.3) is 23.6 Å². The van der Waals surface area contributed by atoms with E-state index in [0.717, 1.165) is 74.6 Å². The number of nitrogens with zero attached hydrogens (tertiary/aromatic N) is 9. The molecule has 2 aromatic carbocycles. The Labute approximate surface area is 346 Å². The number of benzene rings is 2. The van der Waals surface area contributed by atoms with Gasteiger partial charge in [-0.2, -0.15) is 5.26 Å². The van der Waals surface area contributed by atoms with E-state index in [9.17, 15) is 29.2 Å². The molecule has 0 bridgehead atoms. The molecule has 2 aromatic heterocycles. The minimum Gasteiger partial charge on any atom is -0.490 e. The molecule has 4 aliphatic heterocycles. The van der Waals surface area contributed by atoms with Crippen molar-refractivity contribution in [2.75, 3.05) is 55.6 Å². The monoisotopic (exact) mass is 810 g/mol. The highest BCUT2D eigenvalue weighted by Crippen LogP contribution is 2.36. The van der Waals surface area contributed by atoms with Gasteiger partial charge in [-0.1, -0.05) is 0 Å². The fourth-order valence-corrected chi connectivity index (χ4v) is 9.56. The predicted molar refractivity (Wildman–Crippen MR) is 219 cm³/mol. The summed E-state index contributed by atoms with van der Waals surface area (Å²) < 4.78 is 6.38. The van der Waals surface area contributed by atoms with E-state index in [1.165, 1.54) is 17.3 Å². The molecule has 16 nitrogen and oxygen atoms in total. The molecular weight excluding hydrogens is 765 g/mol. The molecule has 3 saturated heterocycles. The summed E-state index contributed by atoms with van der Waals surface area (Å²) in [5.74, 6) is -0.523. The third-order valence-electron chi connectivity index (χ3n) is 12.9. The Hall–Kier alpha value is -6.47. The number of carbonyl (C=O) groups excluding carboxylic acids is 5. The van der Waals surface area contributed by atoms with Gasteiger partial charge in [0, 0.05) is 87.9 Å². The second-order valence-electron chi connectivity index (χ2n) is 16.4. The highest BCUT2D eigenvalue weighted by molar-refractivity contribution is 6.23. The van der Waals surface area contributed by atoms with Crippen LogP contribution in [-0.4, -0.2) is 123 Å². The average Bonchev–Trinajstić information content (AvgIpc) is 3.52. The average molecular weight is 811 g/mol. The zero-order chi connectivity index (χ0) is 41.5. The van der Waals surface area contributed by atoms with Gasteiger partial charge in [-0.25, -0.2) is 9.97 Å². The number of pyridine rings is 1. The first kappa shape index (κ1) is 39.0. The van der Waals surface area contributed by atoms with E-state index in [0.29, 0.717) is 65.5 Å². The third kappa shape index (κ3) is 7.38. The number of ether oxygens (including phenoxy) is 1. The number of nitriles is 1. The fraction of sp³-hybridized carbons (Fsp3) is 0.432. The highest BCUT2D eigenvalue weighted by Gasteiger charge is 2.49. The SMILES string of the molecule is N#Cc1ccc(OC2CCC(N3C(=O)CCC(N4C(=O)c5ccc(N6CCN(CC7CCN(c8ncc(C(N)=O)cn8)CC7)CC6)cc5C4=O)C3=O)CC2)c2cccnc12. The van der Waals surface area contributed by atoms with E-state index >= 15 is 0 Å². The van der Waals surface area contributed by atoms with Gasteiger partial charge in [-0.15, -0.1) is 0 Å². The van der Waals surface area contributed by atoms with Gasteiger partial charge in [0.15, 0.2) is 0 Å². The van der Waals surface area contributed by atoms with Crippen molar-refractivity contribution < 1.29 is 28.7 Å². The third-order valence-corrected chi connectivity index (χ3v) is 12.9. The molecule has 9 rings (SSSR count). The second kappa shape index (κ2) is 16.3. The highest BCUT2D eigenvalue weighted by atomic mass is 16.5. The zero-order valence-electron chi connectivity index (χ0n) is 33.2. The van der Waals surface area contributed by atoms with Crippen LogP contribution in [0.3, 0.4) is 0 Å². The van der Waals surface area contributed by atoms with Crippen molar-refractivity contribution in [3.8, 4) is 11.8 Å². The number of rotatable bonds is 9. The van der Waals surface area contributed by atoms with Crippen LogP contribution in [0, 0.1) is 17.2 Å². The summed E-state index contributed by atoms with van der Waals surface area (Å²) in [4.78, 5) is 88.8. The first-order valence-corrected chi connectivity index (χ1v) is 20.8. The molecule has 5 amide bonds. The van der Waals surface area contributed by atoms with Crippen molar-refractivity contribution in [3.05, 3.63) is 83.3 Å². The van der Waals surface area contributed by atoms with Crippen LogP contribution in [-0.2, 0) is 9.59 Å². The molecule has 1 unspecified atom stereocenters. The minimum atomic E-state index is -1.05. The number of primary amides is 1. The number of aromatic nitrogens is 3. The lowest BCUT2D eigenvalue weighted by molar-refractivity contribution is -0.155. The van der Waals surface area contributed by atoms with Crippen molar-refractivity contribution in [1.29, 1.82) is 5.26 Å². The molecule has 6 heterocycles. The molecule has 0 radical (unpaired) electrons. The van der Waals surface area contributed by atoms with Crippen LogP contribution >= 0.6 is 0 Å². The minimum absolute atomic E-state index is 0.0692. The standard InChI is InChI=1S/C44H46N10O6/c45-23-28-3-11-37(34-2-1-15-47-39(28)34)60-32-7-4-30(5-8-32)53-38(55)12-10-36(43(53)59)54-41(57)33-9-6-31(22-35(33)42(54)58)51-20-18-50(19-21-51)26-27-13-16-52(17-14-27)44-48-24-29(25-49-44)40(46)56/h1-3,6,9,11,15,22,24-25,27,30,32,36H,4-5,7-8,10,12-14,16-21,26H2,(H2,46,56). The van der Waals surface area contributed by atoms with Crippen LogP contribution in [0.1, 0.15) is 88.0 Å². The fourth-order valence-electron chi connectivity index (χ4n) is 9.56. The Morgan fingerprint density at radius 3 is 2.25 bits per heavy atom. The van der Waals surface area contributed by atoms with Crippen molar-refractivity contribution in [2.45, 2.75) is 69.6 Å². The molecule has 5 aliphatic rings. The zero-order valence-corrected chi connectivity index (χ0v) is 33.2. The first-order valence-electron chi connectivity index (χ1n) is 20.8. The van der Waals surface area contributed by atoms with Crippen molar-refractivity contribution in [2.24, 2.45) is 11.7 Å². The Morgan fingerprint density at radius 2 is 1.53 bits per heavy atom.